The van der Waals surface area contributed by atoms with E-state index in [1.54, 1.807) is 0 Å². The van der Waals surface area contributed by atoms with Crippen LogP contribution in [0.15, 0.2) is 12.2 Å². The van der Waals surface area contributed by atoms with Crippen molar-refractivity contribution in [3.8, 4) is 0 Å². The summed E-state index contributed by atoms with van der Waals surface area (Å²) >= 11 is 0. The van der Waals surface area contributed by atoms with E-state index in [1.165, 1.54) is 180 Å². The Morgan fingerprint density at radius 3 is 1.17 bits per heavy atom. The van der Waals surface area contributed by atoms with Crippen molar-refractivity contribution in [1.29, 1.82) is 0 Å². The van der Waals surface area contributed by atoms with E-state index < -0.39 is 12.1 Å². The first-order valence-electron chi connectivity index (χ1n) is 21.4. The summed E-state index contributed by atoms with van der Waals surface area (Å²) in [5, 5.41) is 22.7. The zero-order chi connectivity index (χ0) is 34.3. The monoisotopic (exact) mass is 664 g/mol. The highest BCUT2D eigenvalue weighted by Crippen LogP contribution is 2.16. The zero-order valence-electron chi connectivity index (χ0n) is 32.1. The van der Waals surface area contributed by atoms with Crippen LogP contribution < -0.4 is 5.32 Å². The molecule has 0 spiro atoms. The Balaban J connectivity index is 3.30. The van der Waals surface area contributed by atoms with E-state index in [9.17, 15) is 15.0 Å². The van der Waals surface area contributed by atoms with Crippen molar-refractivity contribution in [1.82, 2.24) is 5.32 Å². The minimum Gasteiger partial charge on any atom is -0.394 e. The first-order chi connectivity index (χ1) is 23.2. The molecule has 0 radical (unpaired) electrons. The lowest BCUT2D eigenvalue weighted by Crippen LogP contribution is -2.45. The lowest BCUT2D eigenvalue weighted by atomic mass is 10.0. The summed E-state index contributed by atoms with van der Waals surface area (Å²) in [4.78, 5) is 12.2. The average molecular weight is 664 g/mol. The molecular weight excluding hydrogens is 578 g/mol. The predicted molar refractivity (Wildman–Crippen MR) is 207 cm³/mol. The number of hydrogen-bond acceptors (Lipinski definition) is 3. The van der Waals surface area contributed by atoms with Gasteiger partial charge in [0.05, 0.1) is 18.8 Å². The van der Waals surface area contributed by atoms with Gasteiger partial charge in [0.15, 0.2) is 0 Å². The molecule has 0 fully saturated rings. The molecule has 0 aromatic carbocycles. The van der Waals surface area contributed by atoms with Crippen molar-refractivity contribution in [2.75, 3.05) is 6.61 Å². The van der Waals surface area contributed by atoms with Crippen LogP contribution in [0.4, 0.5) is 0 Å². The molecule has 0 bridgehead atoms. The van der Waals surface area contributed by atoms with E-state index in [0.29, 0.717) is 12.8 Å². The number of amides is 1. The molecule has 2 atom stereocenters. The van der Waals surface area contributed by atoms with Crippen LogP contribution in [-0.4, -0.2) is 34.9 Å². The largest absolute Gasteiger partial charge is 0.394 e. The van der Waals surface area contributed by atoms with Crippen molar-refractivity contribution in [2.45, 2.75) is 251 Å². The van der Waals surface area contributed by atoms with Crippen molar-refractivity contribution in [2.24, 2.45) is 0 Å². The molecule has 3 N–H and O–H groups in total. The molecule has 0 heterocycles. The minimum absolute atomic E-state index is 0.0369. The Morgan fingerprint density at radius 2 is 0.809 bits per heavy atom. The van der Waals surface area contributed by atoms with Crippen LogP contribution in [0.2, 0.25) is 0 Å². The summed E-state index contributed by atoms with van der Waals surface area (Å²) in [6.07, 6.45) is 49.2. The topological polar surface area (TPSA) is 69.6 Å². The van der Waals surface area contributed by atoms with Crippen LogP contribution in [0, 0.1) is 0 Å². The van der Waals surface area contributed by atoms with E-state index in [-0.39, 0.29) is 12.5 Å². The molecule has 4 heteroatoms. The van der Waals surface area contributed by atoms with Gasteiger partial charge in [0.1, 0.15) is 0 Å². The van der Waals surface area contributed by atoms with E-state index in [4.69, 9.17) is 0 Å². The summed E-state index contributed by atoms with van der Waals surface area (Å²) in [5.74, 6) is -0.0369. The number of hydrogen-bond donors (Lipinski definition) is 3. The highest BCUT2D eigenvalue weighted by molar-refractivity contribution is 5.76. The second-order valence-corrected chi connectivity index (χ2v) is 14.8. The smallest absolute Gasteiger partial charge is 0.220 e. The van der Waals surface area contributed by atoms with Gasteiger partial charge >= 0.3 is 0 Å². The number of nitrogens with one attached hydrogen (secondary N) is 1. The first-order valence-corrected chi connectivity index (χ1v) is 21.4. The van der Waals surface area contributed by atoms with Gasteiger partial charge in [-0.15, -0.1) is 0 Å². The molecule has 0 aromatic heterocycles. The second kappa shape index (κ2) is 39.6. The Bertz CT molecular complexity index is 637. The fourth-order valence-corrected chi connectivity index (χ4v) is 6.71. The van der Waals surface area contributed by atoms with Crippen LogP contribution in [0.1, 0.15) is 239 Å². The Labute approximate surface area is 295 Å². The molecule has 0 saturated carbocycles. The SMILES string of the molecule is CCCCCCCCCC/C=C\CCCCCCCCCCCCCCCCCCCCCC(=O)NC(CO)C(O)CCCCCC. The standard InChI is InChI=1S/C43H85NO3/c1-3-5-7-9-10-11-12-13-14-15-16-17-18-19-20-21-22-23-24-25-26-27-28-29-30-31-32-33-34-35-37-39-43(47)44-41(40-45)42(46)38-36-8-6-4-2/h15-16,41-42,45-46H,3-14,17-40H2,1-2H3,(H,44,47)/b16-15-. The summed E-state index contributed by atoms with van der Waals surface area (Å²) < 4.78 is 0. The van der Waals surface area contributed by atoms with Gasteiger partial charge in [-0.2, -0.15) is 0 Å². The Kier molecular flexibility index (Phi) is 38.8. The highest BCUT2D eigenvalue weighted by Gasteiger charge is 2.19. The van der Waals surface area contributed by atoms with Gasteiger partial charge in [-0.25, -0.2) is 0 Å². The van der Waals surface area contributed by atoms with Crippen LogP contribution in [0.5, 0.6) is 0 Å². The summed E-state index contributed by atoms with van der Waals surface area (Å²) in [5.41, 5.74) is 0. The van der Waals surface area contributed by atoms with Crippen LogP contribution in [0.25, 0.3) is 0 Å². The lowest BCUT2D eigenvalue weighted by Gasteiger charge is -2.22. The van der Waals surface area contributed by atoms with Crippen molar-refractivity contribution >= 4 is 5.91 Å². The molecule has 0 aliphatic heterocycles. The quantitative estimate of drug-likeness (QED) is 0.0453. The third kappa shape index (κ3) is 36.2. The Morgan fingerprint density at radius 1 is 0.489 bits per heavy atom. The molecular formula is C43H85NO3. The number of carbonyl (C=O) groups is 1. The van der Waals surface area contributed by atoms with Gasteiger partial charge in [0.25, 0.3) is 0 Å². The number of rotatable bonds is 39. The average Bonchev–Trinajstić information content (AvgIpc) is 3.08. The second-order valence-electron chi connectivity index (χ2n) is 14.8. The molecule has 280 valence electrons. The number of aliphatic hydroxyl groups excluding tert-OH is 2. The normalized spacial score (nSPS) is 13.0. The third-order valence-electron chi connectivity index (χ3n) is 10.0. The van der Waals surface area contributed by atoms with Crippen molar-refractivity contribution in [3.63, 3.8) is 0 Å². The zero-order valence-corrected chi connectivity index (χ0v) is 32.1. The number of aliphatic hydroxyl groups is 2. The molecule has 0 rings (SSSR count). The van der Waals surface area contributed by atoms with Crippen LogP contribution in [0.3, 0.4) is 0 Å². The fraction of sp³-hybridized carbons (Fsp3) is 0.930. The van der Waals surface area contributed by atoms with Crippen LogP contribution >= 0.6 is 0 Å². The van der Waals surface area contributed by atoms with Gasteiger partial charge in [-0.3, -0.25) is 4.79 Å². The van der Waals surface area contributed by atoms with Gasteiger partial charge in [0.2, 0.25) is 5.91 Å². The fourth-order valence-electron chi connectivity index (χ4n) is 6.71. The predicted octanol–water partition coefficient (Wildman–Crippen LogP) is 13.1. The van der Waals surface area contributed by atoms with Gasteiger partial charge in [-0.05, 0) is 38.5 Å². The molecule has 2 unspecified atom stereocenters. The molecule has 47 heavy (non-hydrogen) atoms. The van der Waals surface area contributed by atoms with Gasteiger partial charge < -0.3 is 15.5 Å². The highest BCUT2D eigenvalue weighted by atomic mass is 16.3. The molecule has 1 amide bonds. The van der Waals surface area contributed by atoms with Crippen molar-refractivity contribution in [3.05, 3.63) is 12.2 Å². The Hall–Kier alpha value is -0.870. The lowest BCUT2D eigenvalue weighted by molar-refractivity contribution is -0.123. The third-order valence-corrected chi connectivity index (χ3v) is 10.0. The van der Waals surface area contributed by atoms with E-state index >= 15 is 0 Å². The van der Waals surface area contributed by atoms with E-state index in [1.807, 2.05) is 0 Å². The molecule has 4 nitrogen and oxygen atoms in total. The number of allylic oxidation sites excluding steroid dienone is 2. The summed E-state index contributed by atoms with van der Waals surface area (Å²) in [6.45, 7) is 4.26. The first kappa shape index (κ1) is 46.1. The maximum Gasteiger partial charge on any atom is 0.220 e. The minimum atomic E-state index is -0.650. The van der Waals surface area contributed by atoms with E-state index in [2.05, 4.69) is 31.3 Å². The summed E-state index contributed by atoms with van der Waals surface area (Å²) in [6, 6.07) is -0.527. The van der Waals surface area contributed by atoms with Crippen LogP contribution in [-0.2, 0) is 4.79 Å². The maximum absolute atomic E-state index is 12.2. The van der Waals surface area contributed by atoms with Crippen molar-refractivity contribution < 1.29 is 15.0 Å². The molecule has 0 saturated heterocycles. The molecule has 0 aromatic rings. The molecule has 0 aliphatic rings. The summed E-state index contributed by atoms with van der Waals surface area (Å²) in [7, 11) is 0. The van der Waals surface area contributed by atoms with E-state index in [0.717, 1.165) is 32.1 Å². The molecule has 0 aliphatic carbocycles. The maximum atomic E-state index is 12.2. The number of unbranched alkanes of at least 4 members (excludes halogenated alkanes) is 30. The number of carbonyl (C=O) groups excluding carboxylic acids is 1. The van der Waals surface area contributed by atoms with Gasteiger partial charge in [-0.1, -0.05) is 206 Å². The van der Waals surface area contributed by atoms with Gasteiger partial charge in [0, 0.05) is 6.42 Å².